The van der Waals surface area contributed by atoms with Crippen LogP contribution in [0.1, 0.15) is 15.9 Å². The van der Waals surface area contributed by atoms with Crippen LogP contribution in [0.3, 0.4) is 0 Å². The largest absolute Gasteiger partial charge is 0.478 e. The summed E-state index contributed by atoms with van der Waals surface area (Å²) in [7, 11) is -4.29. The minimum absolute atomic E-state index is 0.263. The third-order valence-corrected chi connectivity index (χ3v) is 4.58. The number of sulfonamides is 1. The number of nitrogens with one attached hydrogen (secondary N) is 1. The average Bonchev–Trinajstić information content (AvgIpc) is 2.46. The van der Waals surface area contributed by atoms with Gasteiger partial charge < -0.3 is 5.11 Å². The van der Waals surface area contributed by atoms with Gasteiger partial charge in [-0.15, -0.1) is 0 Å². The third kappa shape index (κ3) is 3.98. The van der Waals surface area contributed by atoms with Crippen molar-refractivity contribution in [2.75, 3.05) is 4.72 Å². The van der Waals surface area contributed by atoms with Gasteiger partial charge in [0.1, 0.15) is 0 Å². The second-order valence-electron chi connectivity index (χ2n) is 4.62. The number of benzene rings is 2. The van der Waals surface area contributed by atoms with Gasteiger partial charge in [0, 0.05) is 5.02 Å². The number of carbonyl (C=O) groups is 1. The first-order chi connectivity index (χ1) is 11.0. The number of halogens is 4. The topological polar surface area (TPSA) is 83.5 Å². The molecular formula is C14H9ClF3NO4S. The number of alkyl halides is 3. The molecule has 0 unspecified atom stereocenters. The number of hydrogen-bond acceptors (Lipinski definition) is 3. The molecule has 10 heteroatoms. The zero-order valence-electron chi connectivity index (χ0n) is 11.6. The summed E-state index contributed by atoms with van der Waals surface area (Å²) >= 11 is 5.64. The molecule has 5 nitrogen and oxygen atoms in total. The van der Waals surface area contributed by atoms with Crippen molar-refractivity contribution < 1.29 is 31.5 Å². The van der Waals surface area contributed by atoms with E-state index in [1.807, 2.05) is 4.72 Å². The van der Waals surface area contributed by atoms with E-state index < -0.39 is 39.0 Å². The zero-order valence-corrected chi connectivity index (χ0v) is 13.2. The van der Waals surface area contributed by atoms with Gasteiger partial charge in [0.05, 0.1) is 21.7 Å². The Hall–Kier alpha value is -2.26. The van der Waals surface area contributed by atoms with E-state index in [1.165, 1.54) is 12.1 Å². The van der Waals surface area contributed by atoms with Crippen LogP contribution >= 0.6 is 11.6 Å². The molecule has 0 aliphatic heterocycles. The Bertz CT molecular complexity index is 880. The van der Waals surface area contributed by atoms with Crippen LogP contribution in [-0.4, -0.2) is 19.5 Å². The van der Waals surface area contributed by atoms with Crippen LogP contribution in [-0.2, 0) is 16.2 Å². The molecule has 0 aromatic heterocycles. The lowest BCUT2D eigenvalue weighted by molar-refractivity contribution is -0.137. The molecule has 2 rings (SSSR count). The summed E-state index contributed by atoms with van der Waals surface area (Å²) < 4.78 is 64.6. The highest BCUT2D eigenvalue weighted by Crippen LogP contribution is 2.33. The summed E-state index contributed by atoms with van der Waals surface area (Å²) in [5.74, 6) is -1.57. The van der Waals surface area contributed by atoms with E-state index >= 15 is 0 Å². The van der Waals surface area contributed by atoms with Crippen LogP contribution in [0.15, 0.2) is 47.4 Å². The maximum Gasteiger partial charge on any atom is 0.416 e. The molecule has 2 aromatic rings. The fourth-order valence-electron chi connectivity index (χ4n) is 1.81. The summed E-state index contributed by atoms with van der Waals surface area (Å²) in [6.45, 7) is 0. The van der Waals surface area contributed by atoms with Crippen molar-refractivity contribution in [3.05, 3.63) is 58.6 Å². The monoisotopic (exact) mass is 379 g/mol. The molecule has 2 aromatic carbocycles. The van der Waals surface area contributed by atoms with Gasteiger partial charge in [-0.2, -0.15) is 13.2 Å². The third-order valence-electron chi connectivity index (χ3n) is 2.95. The van der Waals surface area contributed by atoms with Gasteiger partial charge in [0.2, 0.25) is 0 Å². The molecular weight excluding hydrogens is 371 g/mol. The predicted molar refractivity (Wildman–Crippen MR) is 80.7 cm³/mol. The first-order valence-corrected chi connectivity index (χ1v) is 8.10. The van der Waals surface area contributed by atoms with Gasteiger partial charge in [0.25, 0.3) is 10.0 Å². The highest BCUT2D eigenvalue weighted by molar-refractivity contribution is 7.92. The SMILES string of the molecule is O=C(O)c1ccc(C(F)(F)F)cc1NS(=O)(=O)c1ccc(Cl)cc1. The van der Waals surface area contributed by atoms with E-state index in [9.17, 15) is 26.4 Å². The molecule has 0 fully saturated rings. The maximum atomic E-state index is 12.8. The molecule has 128 valence electrons. The van der Waals surface area contributed by atoms with E-state index in [1.54, 1.807) is 0 Å². The van der Waals surface area contributed by atoms with Crippen LogP contribution in [0.25, 0.3) is 0 Å². The van der Waals surface area contributed by atoms with Crippen molar-refractivity contribution in [2.24, 2.45) is 0 Å². The van der Waals surface area contributed by atoms with E-state index in [4.69, 9.17) is 16.7 Å². The molecule has 0 atom stereocenters. The second kappa shape index (κ2) is 6.33. The summed E-state index contributed by atoms with van der Waals surface area (Å²) in [4.78, 5) is 10.8. The van der Waals surface area contributed by atoms with E-state index in [2.05, 4.69) is 0 Å². The number of hydrogen-bond donors (Lipinski definition) is 2. The zero-order chi connectivity index (χ0) is 18.1. The second-order valence-corrected chi connectivity index (χ2v) is 6.74. The lowest BCUT2D eigenvalue weighted by atomic mass is 10.1. The molecule has 0 saturated heterocycles. The van der Waals surface area contributed by atoms with Gasteiger partial charge in [-0.1, -0.05) is 11.6 Å². The minimum Gasteiger partial charge on any atom is -0.478 e. The summed E-state index contributed by atoms with van der Waals surface area (Å²) in [6, 6.07) is 6.50. The fraction of sp³-hybridized carbons (Fsp3) is 0.0714. The quantitative estimate of drug-likeness (QED) is 0.845. The molecule has 0 amide bonds. The first-order valence-electron chi connectivity index (χ1n) is 6.23. The van der Waals surface area contributed by atoms with Crippen LogP contribution in [0.4, 0.5) is 18.9 Å². The Kier molecular flexibility index (Phi) is 4.77. The minimum atomic E-state index is -4.75. The maximum absolute atomic E-state index is 12.8. The molecule has 0 spiro atoms. The van der Waals surface area contributed by atoms with Crippen LogP contribution in [0, 0.1) is 0 Å². The summed E-state index contributed by atoms with van der Waals surface area (Å²) in [6.07, 6.45) is -4.75. The van der Waals surface area contributed by atoms with E-state index in [-0.39, 0.29) is 9.92 Å². The van der Waals surface area contributed by atoms with E-state index in [0.29, 0.717) is 18.2 Å². The van der Waals surface area contributed by atoms with Crippen molar-refractivity contribution in [3.8, 4) is 0 Å². The molecule has 0 radical (unpaired) electrons. The lowest BCUT2D eigenvalue weighted by Gasteiger charge is -2.14. The van der Waals surface area contributed by atoms with Crippen molar-refractivity contribution in [1.82, 2.24) is 0 Å². The summed E-state index contributed by atoms with van der Waals surface area (Å²) in [5, 5.41) is 9.29. The smallest absolute Gasteiger partial charge is 0.416 e. The lowest BCUT2D eigenvalue weighted by Crippen LogP contribution is -2.17. The Labute approximate surface area is 139 Å². The van der Waals surface area contributed by atoms with Crippen molar-refractivity contribution >= 4 is 33.3 Å². The molecule has 24 heavy (non-hydrogen) atoms. The Morgan fingerprint density at radius 1 is 1.08 bits per heavy atom. The van der Waals surface area contributed by atoms with Gasteiger partial charge in [-0.3, -0.25) is 4.72 Å². The Morgan fingerprint density at radius 2 is 1.67 bits per heavy atom. The molecule has 0 aliphatic rings. The average molecular weight is 380 g/mol. The number of anilines is 1. The Morgan fingerprint density at radius 3 is 2.17 bits per heavy atom. The highest BCUT2D eigenvalue weighted by Gasteiger charge is 2.32. The normalized spacial score (nSPS) is 12.0. The molecule has 0 heterocycles. The van der Waals surface area contributed by atoms with Gasteiger partial charge in [0.15, 0.2) is 0 Å². The Balaban J connectivity index is 2.50. The predicted octanol–water partition coefficient (Wildman–Crippen LogP) is 3.86. The summed E-state index contributed by atoms with van der Waals surface area (Å²) in [5.41, 5.74) is -2.48. The number of rotatable bonds is 4. The van der Waals surface area contributed by atoms with Gasteiger partial charge in [-0.05, 0) is 42.5 Å². The molecule has 0 saturated carbocycles. The number of carboxylic acids is 1. The van der Waals surface area contributed by atoms with E-state index in [0.717, 1.165) is 12.1 Å². The highest BCUT2D eigenvalue weighted by atomic mass is 35.5. The number of carboxylic acid groups (broad SMARTS) is 1. The van der Waals surface area contributed by atoms with Crippen LogP contribution in [0.2, 0.25) is 5.02 Å². The molecule has 0 bridgehead atoms. The van der Waals surface area contributed by atoms with Crippen LogP contribution < -0.4 is 4.72 Å². The van der Waals surface area contributed by atoms with Crippen molar-refractivity contribution in [3.63, 3.8) is 0 Å². The van der Waals surface area contributed by atoms with Gasteiger partial charge in [-0.25, -0.2) is 13.2 Å². The molecule has 2 N–H and O–H groups in total. The van der Waals surface area contributed by atoms with Gasteiger partial charge >= 0.3 is 12.1 Å². The van der Waals surface area contributed by atoms with Crippen LogP contribution in [0.5, 0.6) is 0 Å². The van der Waals surface area contributed by atoms with Crippen molar-refractivity contribution in [1.29, 1.82) is 0 Å². The first kappa shape index (κ1) is 18.1. The van der Waals surface area contributed by atoms with Crippen molar-refractivity contribution in [2.45, 2.75) is 11.1 Å². The number of aromatic carboxylic acids is 1. The molecule has 0 aliphatic carbocycles. The fourth-order valence-corrected chi connectivity index (χ4v) is 3.01. The standard InChI is InChI=1S/C14H9ClF3NO4S/c15-9-2-4-10(5-3-9)24(22,23)19-12-7-8(14(16,17)18)1-6-11(12)13(20)21/h1-7,19H,(H,20,21).